The number of hydrogen-bond donors (Lipinski definition) is 1. The van der Waals surface area contributed by atoms with E-state index in [1.807, 2.05) is 0 Å². The molecule has 0 heterocycles. The molecule has 2 heteroatoms. The van der Waals surface area contributed by atoms with Crippen molar-refractivity contribution >= 4 is 11.6 Å². The van der Waals surface area contributed by atoms with E-state index in [2.05, 4.69) is 57.3 Å². The van der Waals surface area contributed by atoms with Gasteiger partial charge in [-0.1, -0.05) is 90.5 Å². The number of para-hydroxylation sites is 1. The summed E-state index contributed by atoms with van der Waals surface area (Å²) in [5.41, 5.74) is 4.51. The van der Waals surface area contributed by atoms with Gasteiger partial charge in [0.05, 0.1) is 0 Å². The maximum atomic E-state index is 13.2. The van der Waals surface area contributed by atoms with Crippen LogP contribution in [-0.4, -0.2) is 5.91 Å². The smallest absolute Gasteiger partial charge is 0.251 e. The molecule has 2 rings (SSSR count). The van der Waals surface area contributed by atoms with Crippen molar-refractivity contribution in [2.24, 2.45) is 0 Å². The van der Waals surface area contributed by atoms with Crippen molar-refractivity contribution in [2.75, 3.05) is 5.32 Å². The van der Waals surface area contributed by atoms with Crippen molar-refractivity contribution in [1.29, 1.82) is 0 Å². The first-order valence-electron chi connectivity index (χ1n) is 11.1. The summed E-state index contributed by atoms with van der Waals surface area (Å²) in [6.45, 7) is 8.79. The number of anilines is 1. The minimum atomic E-state index is 0.113. The number of carbonyl (C=O) groups is 1. The fraction of sp³-hybridized carbons (Fsp3) is 0.640. The lowest BCUT2D eigenvalue weighted by Crippen LogP contribution is -2.18. The van der Waals surface area contributed by atoms with Crippen LogP contribution in [0.4, 0.5) is 5.69 Å². The van der Waals surface area contributed by atoms with Gasteiger partial charge in [-0.2, -0.15) is 0 Å². The Morgan fingerprint density at radius 2 is 1.33 bits per heavy atom. The molecular formula is C25H39NO. The van der Waals surface area contributed by atoms with Crippen molar-refractivity contribution in [1.82, 2.24) is 0 Å². The average molecular weight is 370 g/mol. The van der Waals surface area contributed by atoms with Crippen molar-refractivity contribution in [3.8, 4) is 0 Å². The topological polar surface area (TPSA) is 29.1 Å². The maximum Gasteiger partial charge on any atom is 0.251 e. The first-order chi connectivity index (χ1) is 13.0. The number of rotatable bonds is 4. The van der Waals surface area contributed by atoms with Crippen LogP contribution < -0.4 is 5.32 Å². The van der Waals surface area contributed by atoms with Crippen LogP contribution in [0.25, 0.3) is 0 Å². The monoisotopic (exact) mass is 369 g/mol. The molecule has 1 N–H and O–H groups in total. The number of carbonyl (C=O) groups excluding carboxylic acids is 1. The summed E-state index contributed by atoms with van der Waals surface area (Å²) in [5, 5.41) is 3.32. The first kappa shape index (κ1) is 21.7. The zero-order valence-electron chi connectivity index (χ0n) is 17.9. The second-order valence-electron chi connectivity index (χ2n) is 8.67. The summed E-state index contributed by atoms with van der Waals surface area (Å²) in [6.07, 6.45) is 14.4. The van der Waals surface area contributed by atoms with Crippen LogP contribution in [0.3, 0.4) is 0 Å². The molecule has 2 nitrogen and oxygen atoms in total. The molecule has 1 aromatic rings. The molecule has 0 unspecified atom stereocenters. The zero-order valence-corrected chi connectivity index (χ0v) is 17.9. The molecule has 1 aliphatic carbocycles. The molecule has 0 aromatic heterocycles. The van der Waals surface area contributed by atoms with Crippen molar-refractivity contribution in [2.45, 2.75) is 104 Å². The lowest BCUT2D eigenvalue weighted by atomic mass is 9.92. The second-order valence-corrected chi connectivity index (χ2v) is 8.67. The number of benzene rings is 1. The Balaban J connectivity index is 2.20. The van der Waals surface area contributed by atoms with Gasteiger partial charge in [0.2, 0.25) is 0 Å². The van der Waals surface area contributed by atoms with Crippen molar-refractivity contribution in [3.63, 3.8) is 0 Å². The van der Waals surface area contributed by atoms with Crippen LogP contribution in [0, 0.1) is 0 Å². The predicted octanol–water partition coefficient (Wildman–Crippen LogP) is 7.71. The fourth-order valence-corrected chi connectivity index (χ4v) is 3.99. The zero-order chi connectivity index (χ0) is 19.6. The van der Waals surface area contributed by atoms with Gasteiger partial charge in [-0.3, -0.25) is 4.79 Å². The highest BCUT2D eigenvalue weighted by Gasteiger charge is 2.18. The standard InChI is InChI=1S/C25H39NO/c1-19(2)22-17-14-18-23(20(3)4)24(22)26-25(27)21-15-12-10-8-6-5-7-9-11-13-16-21/h14-15,17-20H,5-13,16H2,1-4H3,(H,26,27). The fourth-order valence-electron chi connectivity index (χ4n) is 3.99. The minimum Gasteiger partial charge on any atom is -0.322 e. The third-order valence-electron chi connectivity index (χ3n) is 5.69. The molecule has 0 saturated carbocycles. The highest BCUT2D eigenvalue weighted by molar-refractivity contribution is 6.04. The molecule has 0 spiro atoms. The Morgan fingerprint density at radius 1 is 0.815 bits per heavy atom. The van der Waals surface area contributed by atoms with Gasteiger partial charge in [-0.25, -0.2) is 0 Å². The van der Waals surface area contributed by atoms with E-state index < -0.39 is 0 Å². The first-order valence-corrected chi connectivity index (χ1v) is 11.1. The Hall–Kier alpha value is -1.57. The molecule has 0 aliphatic heterocycles. The summed E-state index contributed by atoms with van der Waals surface area (Å²) in [6, 6.07) is 6.43. The number of allylic oxidation sites excluding steroid dienone is 1. The van der Waals surface area contributed by atoms with Gasteiger partial charge in [-0.15, -0.1) is 0 Å². The van der Waals surface area contributed by atoms with Crippen LogP contribution in [0.1, 0.15) is 115 Å². The number of nitrogens with one attached hydrogen (secondary N) is 1. The molecule has 27 heavy (non-hydrogen) atoms. The van der Waals surface area contributed by atoms with E-state index in [1.54, 1.807) is 0 Å². The SMILES string of the molecule is CC(C)c1cccc(C(C)C)c1NC(=O)C1=CCCCCCCCCCC1. The van der Waals surface area contributed by atoms with E-state index in [0.717, 1.165) is 30.5 Å². The highest BCUT2D eigenvalue weighted by Crippen LogP contribution is 2.33. The highest BCUT2D eigenvalue weighted by atomic mass is 16.1. The lowest BCUT2D eigenvalue weighted by Gasteiger charge is -2.21. The summed E-state index contributed by atoms with van der Waals surface area (Å²) < 4.78 is 0. The van der Waals surface area contributed by atoms with E-state index in [4.69, 9.17) is 0 Å². The van der Waals surface area contributed by atoms with Gasteiger partial charge >= 0.3 is 0 Å². The number of amides is 1. The third kappa shape index (κ3) is 6.83. The van der Waals surface area contributed by atoms with Gasteiger partial charge in [0, 0.05) is 11.3 Å². The van der Waals surface area contributed by atoms with Gasteiger partial charge in [0.1, 0.15) is 0 Å². The molecule has 0 fully saturated rings. The largest absolute Gasteiger partial charge is 0.322 e. The Labute approximate surface area is 166 Å². The molecule has 1 amide bonds. The van der Waals surface area contributed by atoms with Crippen LogP contribution in [-0.2, 0) is 4.79 Å². The maximum absolute atomic E-state index is 13.2. The summed E-state index contributed by atoms with van der Waals surface area (Å²) in [4.78, 5) is 13.2. The molecule has 0 atom stereocenters. The van der Waals surface area contributed by atoms with E-state index >= 15 is 0 Å². The van der Waals surface area contributed by atoms with Crippen molar-refractivity contribution < 1.29 is 4.79 Å². The summed E-state index contributed by atoms with van der Waals surface area (Å²) in [7, 11) is 0. The van der Waals surface area contributed by atoms with E-state index in [0.29, 0.717) is 11.8 Å². The summed E-state index contributed by atoms with van der Waals surface area (Å²) >= 11 is 0. The Bertz CT molecular complexity index is 601. The molecular weight excluding hydrogens is 330 g/mol. The predicted molar refractivity (Wildman–Crippen MR) is 118 cm³/mol. The van der Waals surface area contributed by atoms with Crippen LogP contribution in [0.5, 0.6) is 0 Å². The average Bonchev–Trinajstić information content (AvgIpc) is 2.61. The van der Waals surface area contributed by atoms with Gasteiger partial charge < -0.3 is 5.32 Å². The molecule has 150 valence electrons. The van der Waals surface area contributed by atoms with Crippen molar-refractivity contribution in [3.05, 3.63) is 41.0 Å². The second kappa shape index (κ2) is 11.3. The van der Waals surface area contributed by atoms with Gasteiger partial charge in [0.15, 0.2) is 0 Å². The Kier molecular flexibility index (Phi) is 9.10. The molecule has 0 saturated heterocycles. The van der Waals surface area contributed by atoms with Crippen LogP contribution in [0.15, 0.2) is 29.8 Å². The van der Waals surface area contributed by atoms with E-state index in [1.165, 1.54) is 56.1 Å². The Morgan fingerprint density at radius 3 is 1.89 bits per heavy atom. The number of hydrogen-bond acceptors (Lipinski definition) is 1. The minimum absolute atomic E-state index is 0.113. The quantitative estimate of drug-likeness (QED) is 0.578. The van der Waals surface area contributed by atoms with E-state index in [-0.39, 0.29) is 5.91 Å². The molecule has 0 bridgehead atoms. The lowest BCUT2D eigenvalue weighted by molar-refractivity contribution is -0.113. The molecule has 0 radical (unpaired) electrons. The van der Waals surface area contributed by atoms with Gasteiger partial charge in [0.25, 0.3) is 5.91 Å². The van der Waals surface area contributed by atoms with E-state index in [9.17, 15) is 4.79 Å². The molecule has 1 aromatic carbocycles. The van der Waals surface area contributed by atoms with Gasteiger partial charge in [-0.05, 0) is 48.6 Å². The van der Waals surface area contributed by atoms with Crippen LogP contribution in [0.2, 0.25) is 0 Å². The van der Waals surface area contributed by atoms with Crippen LogP contribution >= 0.6 is 0 Å². The normalized spacial score (nSPS) is 17.2. The summed E-state index contributed by atoms with van der Waals surface area (Å²) in [5.74, 6) is 0.899. The third-order valence-corrected chi connectivity index (χ3v) is 5.69. The molecule has 1 aliphatic rings.